The molecule has 1 atom stereocenters. The van der Waals surface area contributed by atoms with E-state index in [1.54, 1.807) is 22.6 Å². The highest BCUT2D eigenvalue weighted by molar-refractivity contribution is 14.1. The number of halogens is 4. The Labute approximate surface area is 104 Å². The van der Waals surface area contributed by atoms with Gasteiger partial charge in [-0.25, -0.2) is 13.2 Å². The van der Waals surface area contributed by atoms with Crippen molar-refractivity contribution in [2.45, 2.75) is 12.5 Å². The van der Waals surface area contributed by atoms with Crippen LogP contribution in [0.25, 0.3) is 0 Å². The van der Waals surface area contributed by atoms with Crippen LogP contribution in [-0.2, 0) is 0 Å². The number of benzene rings is 1. The molecule has 0 radical (unpaired) electrons. The van der Waals surface area contributed by atoms with Crippen molar-refractivity contribution in [1.82, 2.24) is 0 Å². The number of aliphatic hydroxyl groups excluding tert-OH is 1. The van der Waals surface area contributed by atoms with Crippen LogP contribution in [0.4, 0.5) is 24.5 Å². The van der Waals surface area contributed by atoms with Gasteiger partial charge in [-0.2, -0.15) is 0 Å². The van der Waals surface area contributed by atoms with Crippen LogP contribution < -0.4 is 11.1 Å². The lowest BCUT2D eigenvalue weighted by atomic mass is 10.2. The topological polar surface area (TPSA) is 58.3 Å². The highest BCUT2D eigenvalue weighted by Crippen LogP contribution is 2.24. The largest absolute Gasteiger partial charge is 0.397 e. The molecular formula is C9H10F3IN2O. The minimum Gasteiger partial charge on any atom is -0.397 e. The molecule has 0 heterocycles. The van der Waals surface area contributed by atoms with Gasteiger partial charge in [0.15, 0.2) is 0 Å². The van der Waals surface area contributed by atoms with Gasteiger partial charge in [-0.3, -0.25) is 0 Å². The monoisotopic (exact) mass is 346 g/mol. The number of hydrogen-bond acceptors (Lipinski definition) is 3. The number of nitrogen functional groups attached to an aromatic ring is 1. The number of anilines is 2. The average Bonchev–Trinajstić information content (AvgIpc) is 2.20. The normalized spacial score (nSPS) is 12.9. The molecule has 0 saturated heterocycles. The zero-order valence-electron chi connectivity index (χ0n) is 8.05. The summed E-state index contributed by atoms with van der Waals surface area (Å²) in [5, 5.41) is 11.3. The summed E-state index contributed by atoms with van der Waals surface area (Å²) in [6, 6.07) is 2.49. The lowest BCUT2D eigenvalue weighted by molar-refractivity contribution is 0.00385. The molecule has 3 nitrogen and oxygen atoms in total. The molecular weight excluding hydrogens is 336 g/mol. The molecule has 90 valence electrons. The Morgan fingerprint density at radius 1 is 1.44 bits per heavy atom. The van der Waals surface area contributed by atoms with Gasteiger partial charge in [-0.1, -0.05) is 0 Å². The van der Waals surface area contributed by atoms with Crippen LogP contribution in [0.5, 0.6) is 0 Å². The predicted molar refractivity (Wildman–Crippen MR) is 64.0 cm³/mol. The molecule has 0 aliphatic rings. The van der Waals surface area contributed by atoms with Gasteiger partial charge in [0, 0.05) is 12.6 Å². The van der Waals surface area contributed by atoms with Crippen LogP contribution in [0.15, 0.2) is 12.1 Å². The van der Waals surface area contributed by atoms with Crippen molar-refractivity contribution >= 4 is 34.0 Å². The van der Waals surface area contributed by atoms with E-state index in [4.69, 9.17) is 10.8 Å². The lowest BCUT2D eigenvalue weighted by Gasteiger charge is -2.13. The maximum absolute atomic E-state index is 13.1. The fourth-order valence-corrected chi connectivity index (χ4v) is 1.51. The van der Waals surface area contributed by atoms with Gasteiger partial charge in [0.2, 0.25) is 0 Å². The van der Waals surface area contributed by atoms with Crippen LogP contribution in [0.1, 0.15) is 0 Å². The summed E-state index contributed by atoms with van der Waals surface area (Å²) in [4.78, 5) is 0. The molecule has 16 heavy (non-hydrogen) atoms. The molecule has 1 rings (SSSR count). The summed E-state index contributed by atoms with van der Waals surface area (Å²) in [6.45, 7) is -0.387. The maximum atomic E-state index is 13.1. The second-order valence-electron chi connectivity index (χ2n) is 3.14. The Balaban J connectivity index is 2.71. The molecule has 0 saturated carbocycles. The average molecular weight is 346 g/mol. The standard InChI is InChI=1S/C9H10F3IN2O/c10-4-1-7(6(14)2-5(4)13)15-3-8(16)9(11)12/h1-2,8-9,15-16H,3,14H2. The third kappa shape index (κ3) is 3.41. The Morgan fingerprint density at radius 3 is 2.62 bits per heavy atom. The van der Waals surface area contributed by atoms with Crippen LogP contribution in [0.2, 0.25) is 0 Å². The molecule has 0 spiro atoms. The van der Waals surface area contributed by atoms with E-state index in [2.05, 4.69) is 5.32 Å². The summed E-state index contributed by atoms with van der Waals surface area (Å²) in [6.07, 6.45) is -4.65. The van der Waals surface area contributed by atoms with Crippen molar-refractivity contribution in [2.24, 2.45) is 0 Å². The SMILES string of the molecule is Nc1cc(I)c(F)cc1NCC(O)C(F)F. The molecule has 1 aromatic rings. The third-order valence-corrected chi connectivity index (χ3v) is 2.71. The number of alkyl halides is 2. The predicted octanol–water partition coefficient (Wildman–Crippen LogP) is 2.05. The molecule has 1 aromatic carbocycles. The molecule has 0 aromatic heterocycles. The van der Waals surface area contributed by atoms with Crippen molar-refractivity contribution in [1.29, 1.82) is 0 Å². The van der Waals surface area contributed by atoms with Crippen molar-refractivity contribution in [3.05, 3.63) is 21.5 Å². The van der Waals surface area contributed by atoms with Crippen LogP contribution >= 0.6 is 22.6 Å². The summed E-state index contributed by atoms with van der Waals surface area (Å²) < 4.78 is 37.4. The van der Waals surface area contributed by atoms with E-state index in [1.165, 1.54) is 6.07 Å². The number of nitrogens with one attached hydrogen (secondary N) is 1. The number of hydrogen-bond donors (Lipinski definition) is 3. The van der Waals surface area contributed by atoms with E-state index in [1.807, 2.05) is 0 Å². The van der Waals surface area contributed by atoms with E-state index in [-0.39, 0.29) is 17.9 Å². The smallest absolute Gasteiger partial charge is 0.265 e. The zero-order chi connectivity index (χ0) is 12.3. The van der Waals surface area contributed by atoms with E-state index < -0.39 is 18.3 Å². The van der Waals surface area contributed by atoms with Crippen molar-refractivity contribution in [2.75, 3.05) is 17.6 Å². The molecule has 7 heteroatoms. The lowest BCUT2D eigenvalue weighted by Crippen LogP contribution is -2.27. The van der Waals surface area contributed by atoms with Crippen molar-refractivity contribution in [3.63, 3.8) is 0 Å². The number of aliphatic hydroxyl groups is 1. The van der Waals surface area contributed by atoms with Gasteiger partial charge in [-0.15, -0.1) is 0 Å². The fraction of sp³-hybridized carbons (Fsp3) is 0.333. The van der Waals surface area contributed by atoms with Gasteiger partial charge in [0.1, 0.15) is 11.9 Å². The van der Waals surface area contributed by atoms with Crippen LogP contribution in [0.3, 0.4) is 0 Å². The van der Waals surface area contributed by atoms with E-state index in [0.717, 1.165) is 6.07 Å². The molecule has 0 aliphatic heterocycles. The fourth-order valence-electron chi connectivity index (χ4n) is 1.02. The Hall–Kier alpha value is -0.700. The Bertz CT molecular complexity index is 376. The van der Waals surface area contributed by atoms with Crippen LogP contribution in [0, 0.1) is 9.39 Å². The summed E-state index contributed by atoms with van der Waals surface area (Å²) >= 11 is 1.77. The van der Waals surface area contributed by atoms with Crippen molar-refractivity contribution in [3.8, 4) is 0 Å². The number of rotatable bonds is 4. The van der Waals surface area contributed by atoms with Gasteiger partial charge < -0.3 is 16.2 Å². The molecule has 0 amide bonds. The Kier molecular flexibility index (Phi) is 4.66. The first-order valence-corrected chi connectivity index (χ1v) is 5.44. The highest BCUT2D eigenvalue weighted by atomic mass is 127. The quantitative estimate of drug-likeness (QED) is 0.578. The van der Waals surface area contributed by atoms with Gasteiger partial charge in [0.25, 0.3) is 6.43 Å². The second kappa shape index (κ2) is 5.58. The minimum absolute atomic E-state index is 0.192. The first-order valence-electron chi connectivity index (χ1n) is 4.36. The first kappa shape index (κ1) is 13.4. The Morgan fingerprint density at radius 2 is 2.06 bits per heavy atom. The minimum atomic E-state index is -2.84. The van der Waals surface area contributed by atoms with Crippen LogP contribution in [-0.4, -0.2) is 24.2 Å². The maximum Gasteiger partial charge on any atom is 0.265 e. The third-order valence-electron chi connectivity index (χ3n) is 1.88. The van der Waals surface area contributed by atoms with Crippen molar-refractivity contribution < 1.29 is 18.3 Å². The molecule has 0 aliphatic carbocycles. The summed E-state index contributed by atoms with van der Waals surface area (Å²) in [5.41, 5.74) is 5.98. The van der Waals surface area contributed by atoms with Gasteiger partial charge >= 0.3 is 0 Å². The molecule has 0 fully saturated rings. The van der Waals surface area contributed by atoms with E-state index in [0.29, 0.717) is 3.57 Å². The second-order valence-corrected chi connectivity index (χ2v) is 4.30. The number of nitrogens with two attached hydrogens (primary N) is 1. The molecule has 0 bridgehead atoms. The van der Waals surface area contributed by atoms with Gasteiger partial charge in [-0.05, 0) is 28.7 Å². The van der Waals surface area contributed by atoms with E-state index in [9.17, 15) is 13.2 Å². The first-order chi connectivity index (χ1) is 7.41. The summed E-state index contributed by atoms with van der Waals surface area (Å²) in [7, 11) is 0. The van der Waals surface area contributed by atoms with E-state index >= 15 is 0 Å². The molecule has 4 N–H and O–H groups in total. The highest BCUT2D eigenvalue weighted by Gasteiger charge is 2.16. The summed E-state index contributed by atoms with van der Waals surface area (Å²) in [5.74, 6) is -0.496. The molecule has 1 unspecified atom stereocenters. The van der Waals surface area contributed by atoms with Gasteiger partial charge in [0.05, 0.1) is 14.9 Å². The zero-order valence-corrected chi connectivity index (χ0v) is 10.2.